The molecule has 0 saturated heterocycles. The Morgan fingerprint density at radius 1 is 0.958 bits per heavy atom. The summed E-state index contributed by atoms with van der Waals surface area (Å²) in [5, 5.41) is 0. The van der Waals surface area contributed by atoms with Gasteiger partial charge in [-0.2, -0.15) is 0 Å². The molecule has 1 aromatic heterocycles. The number of anilines is 1. The molecule has 2 heterocycles. The number of nitrogens with zero attached hydrogens (tertiary/aromatic N) is 2. The lowest BCUT2D eigenvalue weighted by Crippen LogP contribution is -2.32. The summed E-state index contributed by atoms with van der Waals surface area (Å²) >= 11 is 0. The molecule has 4 heteroatoms. The van der Waals surface area contributed by atoms with Crippen molar-refractivity contribution in [2.24, 2.45) is 0 Å². The molecule has 2 aromatic carbocycles. The first kappa shape index (κ1) is 14.7. The van der Waals surface area contributed by atoms with Crippen molar-refractivity contribution >= 4 is 5.69 Å². The molecule has 0 saturated carbocycles. The van der Waals surface area contributed by atoms with E-state index in [-0.39, 0.29) is 5.82 Å². The second-order valence-electron chi connectivity index (χ2n) is 5.81. The first-order chi connectivity index (χ1) is 11.8. The van der Waals surface area contributed by atoms with E-state index in [0.29, 0.717) is 6.61 Å². The fourth-order valence-corrected chi connectivity index (χ4v) is 2.97. The molecule has 0 spiro atoms. The van der Waals surface area contributed by atoms with Crippen LogP contribution in [-0.4, -0.2) is 18.1 Å². The summed E-state index contributed by atoms with van der Waals surface area (Å²) in [4.78, 5) is 6.35. The van der Waals surface area contributed by atoms with Crippen LogP contribution in [0.4, 0.5) is 10.1 Å². The molecule has 0 unspecified atom stereocenters. The van der Waals surface area contributed by atoms with Crippen LogP contribution in [0.3, 0.4) is 0 Å². The Balaban J connectivity index is 1.66. The predicted molar refractivity (Wildman–Crippen MR) is 92.6 cm³/mol. The molecule has 0 aliphatic carbocycles. The normalized spacial score (nSPS) is 13.3. The van der Waals surface area contributed by atoms with Crippen LogP contribution in [0.5, 0.6) is 5.75 Å². The molecule has 0 amide bonds. The second kappa shape index (κ2) is 6.32. The van der Waals surface area contributed by atoms with Crippen LogP contribution in [0.15, 0.2) is 67.0 Å². The highest BCUT2D eigenvalue weighted by Crippen LogP contribution is 2.36. The zero-order chi connectivity index (χ0) is 16.4. The van der Waals surface area contributed by atoms with E-state index in [4.69, 9.17) is 4.74 Å². The Bertz CT molecular complexity index is 834. The number of hydrogen-bond acceptors (Lipinski definition) is 3. The minimum atomic E-state index is -0.207. The van der Waals surface area contributed by atoms with Crippen LogP contribution < -0.4 is 9.64 Å². The standard InChI is InChI=1S/C20H17FN2O/c21-18-4-1-15(2-5-18)14-23-11-12-24-20-6-3-17(13-19(20)23)16-7-9-22-10-8-16/h1-10,13H,11-12,14H2. The average molecular weight is 320 g/mol. The molecule has 1 aliphatic heterocycles. The summed E-state index contributed by atoms with van der Waals surface area (Å²) in [5.41, 5.74) is 4.41. The van der Waals surface area contributed by atoms with Gasteiger partial charge >= 0.3 is 0 Å². The molecule has 3 nitrogen and oxygen atoms in total. The molecule has 120 valence electrons. The fraction of sp³-hybridized carbons (Fsp3) is 0.150. The average Bonchev–Trinajstić information content (AvgIpc) is 2.64. The molecule has 0 atom stereocenters. The summed E-state index contributed by atoms with van der Waals surface area (Å²) < 4.78 is 18.9. The molecule has 24 heavy (non-hydrogen) atoms. The summed E-state index contributed by atoms with van der Waals surface area (Å²) in [7, 11) is 0. The van der Waals surface area contributed by atoms with Gasteiger partial charge < -0.3 is 9.64 Å². The van der Waals surface area contributed by atoms with Crippen LogP contribution >= 0.6 is 0 Å². The van der Waals surface area contributed by atoms with Gasteiger partial charge in [-0.05, 0) is 53.1 Å². The van der Waals surface area contributed by atoms with E-state index in [1.807, 2.05) is 30.3 Å². The molecule has 0 fully saturated rings. The fourth-order valence-electron chi connectivity index (χ4n) is 2.97. The SMILES string of the molecule is Fc1ccc(CN2CCOc3ccc(-c4ccncc4)cc32)cc1. The molecule has 3 aromatic rings. The highest BCUT2D eigenvalue weighted by Gasteiger charge is 2.19. The van der Waals surface area contributed by atoms with Gasteiger partial charge in [-0.25, -0.2) is 4.39 Å². The highest BCUT2D eigenvalue weighted by atomic mass is 19.1. The quantitative estimate of drug-likeness (QED) is 0.720. The van der Waals surface area contributed by atoms with Crippen LogP contribution in [0.25, 0.3) is 11.1 Å². The van der Waals surface area contributed by atoms with Gasteiger partial charge in [0.2, 0.25) is 0 Å². The predicted octanol–water partition coefficient (Wildman–Crippen LogP) is 4.29. The first-order valence-electron chi connectivity index (χ1n) is 7.96. The van der Waals surface area contributed by atoms with E-state index in [1.54, 1.807) is 12.4 Å². The second-order valence-corrected chi connectivity index (χ2v) is 5.81. The topological polar surface area (TPSA) is 25.4 Å². The first-order valence-corrected chi connectivity index (χ1v) is 7.96. The van der Waals surface area contributed by atoms with Gasteiger partial charge in [-0.1, -0.05) is 18.2 Å². The minimum absolute atomic E-state index is 0.207. The highest BCUT2D eigenvalue weighted by molar-refractivity contribution is 5.73. The third-order valence-corrected chi connectivity index (χ3v) is 4.22. The summed E-state index contributed by atoms with van der Waals surface area (Å²) in [6.45, 7) is 2.20. The Kier molecular flexibility index (Phi) is 3.87. The lowest BCUT2D eigenvalue weighted by molar-refractivity contribution is 0.307. The molecule has 0 radical (unpaired) electrons. The van der Waals surface area contributed by atoms with E-state index in [9.17, 15) is 4.39 Å². The molecular weight excluding hydrogens is 303 g/mol. The van der Waals surface area contributed by atoms with Gasteiger partial charge in [0, 0.05) is 18.9 Å². The van der Waals surface area contributed by atoms with Crippen molar-refractivity contribution in [1.29, 1.82) is 0 Å². The van der Waals surface area contributed by atoms with Gasteiger partial charge in [0.1, 0.15) is 18.2 Å². The minimum Gasteiger partial charge on any atom is -0.490 e. The van der Waals surface area contributed by atoms with Crippen LogP contribution in [0.2, 0.25) is 0 Å². The molecule has 1 aliphatic rings. The van der Waals surface area contributed by atoms with E-state index in [1.165, 1.54) is 12.1 Å². The number of pyridine rings is 1. The van der Waals surface area contributed by atoms with Gasteiger partial charge in [0.25, 0.3) is 0 Å². The maximum atomic E-state index is 13.1. The van der Waals surface area contributed by atoms with Crippen LogP contribution in [0.1, 0.15) is 5.56 Å². The van der Waals surface area contributed by atoms with Crippen molar-refractivity contribution in [3.63, 3.8) is 0 Å². The zero-order valence-electron chi connectivity index (χ0n) is 13.2. The number of aromatic nitrogens is 1. The number of benzene rings is 2. The Morgan fingerprint density at radius 2 is 1.75 bits per heavy atom. The lowest BCUT2D eigenvalue weighted by Gasteiger charge is -2.31. The summed E-state index contributed by atoms with van der Waals surface area (Å²) in [5.74, 6) is 0.683. The third-order valence-electron chi connectivity index (χ3n) is 4.22. The van der Waals surface area contributed by atoms with Gasteiger partial charge in [0.15, 0.2) is 0 Å². The van der Waals surface area contributed by atoms with Crippen molar-refractivity contribution in [2.45, 2.75) is 6.54 Å². The van der Waals surface area contributed by atoms with E-state index in [2.05, 4.69) is 22.0 Å². The molecule has 0 bridgehead atoms. The van der Waals surface area contributed by atoms with E-state index >= 15 is 0 Å². The van der Waals surface area contributed by atoms with Crippen molar-refractivity contribution in [3.8, 4) is 16.9 Å². The zero-order valence-corrected chi connectivity index (χ0v) is 13.2. The Morgan fingerprint density at radius 3 is 2.54 bits per heavy atom. The third kappa shape index (κ3) is 2.95. The molecular formula is C20H17FN2O. The number of ether oxygens (including phenoxy) is 1. The van der Waals surface area contributed by atoms with Crippen LogP contribution in [-0.2, 0) is 6.54 Å². The van der Waals surface area contributed by atoms with Gasteiger partial charge in [-0.15, -0.1) is 0 Å². The number of rotatable bonds is 3. The number of fused-ring (bicyclic) bond motifs is 1. The number of halogens is 1. The van der Waals surface area contributed by atoms with Gasteiger partial charge in [0.05, 0.1) is 12.2 Å². The van der Waals surface area contributed by atoms with Crippen molar-refractivity contribution in [3.05, 3.63) is 78.4 Å². The Hall–Kier alpha value is -2.88. The van der Waals surface area contributed by atoms with Crippen LogP contribution in [0, 0.1) is 5.82 Å². The summed E-state index contributed by atoms with van der Waals surface area (Å²) in [6, 6.07) is 16.9. The van der Waals surface area contributed by atoms with E-state index in [0.717, 1.165) is 41.2 Å². The maximum Gasteiger partial charge on any atom is 0.142 e. The largest absolute Gasteiger partial charge is 0.490 e. The van der Waals surface area contributed by atoms with E-state index < -0.39 is 0 Å². The van der Waals surface area contributed by atoms with Gasteiger partial charge in [-0.3, -0.25) is 4.98 Å². The number of hydrogen-bond donors (Lipinski definition) is 0. The maximum absolute atomic E-state index is 13.1. The smallest absolute Gasteiger partial charge is 0.142 e. The van der Waals surface area contributed by atoms with Crippen molar-refractivity contribution in [2.75, 3.05) is 18.1 Å². The van der Waals surface area contributed by atoms with Crippen molar-refractivity contribution in [1.82, 2.24) is 4.98 Å². The lowest BCUT2D eigenvalue weighted by atomic mass is 10.0. The van der Waals surface area contributed by atoms with Crippen molar-refractivity contribution < 1.29 is 9.13 Å². The molecule has 0 N–H and O–H groups in total. The summed E-state index contributed by atoms with van der Waals surface area (Å²) in [6.07, 6.45) is 3.59. The Labute approximate surface area is 140 Å². The monoisotopic (exact) mass is 320 g/mol. The molecule has 4 rings (SSSR count).